The van der Waals surface area contributed by atoms with Gasteiger partial charge in [0, 0.05) is 23.7 Å². The van der Waals surface area contributed by atoms with Gasteiger partial charge in [-0.15, -0.1) is 0 Å². The molecule has 0 unspecified atom stereocenters. The van der Waals surface area contributed by atoms with Crippen LogP contribution in [-0.2, 0) is 0 Å². The second kappa shape index (κ2) is 8.21. The minimum Gasteiger partial charge on any atom is -0.370 e. The average Bonchev–Trinajstić information content (AvgIpc) is 3.06. The maximum atomic E-state index is 13.3. The third-order valence-electron chi connectivity index (χ3n) is 5.19. The molecule has 146 valence electrons. The number of amidine groups is 1. The molecular formula is C21H21Cl2N3O2. The van der Waals surface area contributed by atoms with Crippen LogP contribution in [0.1, 0.15) is 35.2 Å². The Morgan fingerprint density at radius 2 is 1.75 bits per heavy atom. The van der Waals surface area contributed by atoms with Crippen molar-refractivity contribution in [1.82, 2.24) is 9.80 Å². The Morgan fingerprint density at radius 1 is 1.04 bits per heavy atom. The van der Waals surface area contributed by atoms with E-state index in [1.165, 1.54) is 17.4 Å². The first-order valence-electron chi connectivity index (χ1n) is 9.40. The molecule has 2 atom stereocenters. The first kappa shape index (κ1) is 19.4. The zero-order valence-electron chi connectivity index (χ0n) is 15.3. The number of carbonyl (C=O) groups is 1. The topological polar surface area (TPSA) is 56.1 Å². The van der Waals surface area contributed by atoms with Crippen LogP contribution in [0, 0.1) is 0 Å². The summed E-state index contributed by atoms with van der Waals surface area (Å²) in [4.78, 5) is 21.6. The molecule has 2 heterocycles. The molecule has 0 radical (unpaired) electrons. The van der Waals surface area contributed by atoms with Gasteiger partial charge in [0.15, 0.2) is 6.23 Å². The molecule has 0 aliphatic carbocycles. The van der Waals surface area contributed by atoms with Gasteiger partial charge < -0.3 is 5.11 Å². The lowest BCUT2D eigenvalue weighted by atomic mass is 10.1. The van der Waals surface area contributed by atoms with Crippen molar-refractivity contribution in [2.24, 2.45) is 4.99 Å². The Balaban J connectivity index is 1.73. The lowest BCUT2D eigenvalue weighted by Gasteiger charge is -2.33. The Kier molecular flexibility index (Phi) is 5.69. The highest BCUT2D eigenvalue weighted by Crippen LogP contribution is 2.29. The smallest absolute Gasteiger partial charge is 0.263 e. The standard InChI is InChI=1S/C21H21Cl2N3O2/c22-15-9-10-16(17(23)13-15)20(27)26-18(14-7-3-1-4-8-14)24-19(21(26)28)25-11-5-2-6-12-25/h1,3-4,7-10,13,19,21,28H,2,5-6,11-12H2/t19-,21-/m1/s1. The molecule has 1 amide bonds. The van der Waals surface area contributed by atoms with Crippen LogP contribution in [0.3, 0.4) is 0 Å². The predicted molar refractivity (Wildman–Crippen MR) is 111 cm³/mol. The molecule has 28 heavy (non-hydrogen) atoms. The van der Waals surface area contributed by atoms with Gasteiger partial charge in [0.1, 0.15) is 12.0 Å². The van der Waals surface area contributed by atoms with Crippen molar-refractivity contribution in [3.05, 3.63) is 69.7 Å². The SMILES string of the molecule is O=C(c1ccc(Cl)cc1Cl)N1C(c2ccccc2)=N[C@H](N2CCCCC2)[C@H]1O. The van der Waals surface area contributed by atoms with Crippen LogP contribution in [0.25, 0.3) is 0 Å². The van der Waals surface area contributed by atoms with Crippen LogP contribution in [0.15, 0.2) is 53.5 Å². The number of likely N-dealkylation sites (tertiary alicyclic amines) is 1. The maximum Gasteiger partial charge on any atom is 0.263 e. The second-order valence-electron chi connectivity index (χ2n) is 7.04. The average molecular weight is 418 g/mol. The molecule has 0 saturated carbocycles. The summed E-state index contributed by atoms with van der Waals surface area (Å²) >= 11 is 12.2. The van der Waals surface area contributed by atoms with Crippen molar-refractivity contribution in [2.45, 2.75) is 31.7 Å². The van der Waals surface area contributed by atoms with Crippen molar-refractivity contribution in [1.29, 1.82) is 0 Å². The number of carbonyl (C=O) groups excluding carboxylic acids is 1. The van der Waals surface area contributed by atoms with Crippen LogP contribution in [0.4, 0.5) is 0 Å². The number of aliphatic hydroxyl groups excluding tert-OH is 1. The fourth-order valence-electron chi connectivity index (χ4n) is 3.78. The van der Waals surface area contributed by atoms with Crippen LogP contribution in [-0.4, -0.2) is 52.1 Å². The number of aliphatic imine (C=N–C) groups is 1. The molecule has 1 N–H and O–H groups in total. The van der Waals surface area contributed by atoms with Crippen molar-refractivity contribution >= 4 is 34.9 Å². The van der Waals surface area contributed by atoms with Gasteiger partial charge in [0.05, 0.1) is 10.6 Å². The highest BCUT2D eigenvalue weighted by molar-refractivity contribution is 6.37. The predicted octanol–water partition coefficient (Wildman–Crippen LogP) is 4.03. The largest absolute Gasteiger partial charge is 0.370 e. The molecule has 2 aromatic rings. The fraction of sp³-hybridized carbons (Fsp3) is 0.333. The molecule has 2 aliphatic heterocycles. The monoisotopic (exact) mass is 417 g/mol. The van der Waals surface area contributed by atoms with E-state index in [9.17, 15) is 9.90 Å². The maximum absolute atomic E-state index is 13.3. The molecule has 0 bridgehead atoms. The molecular weight excluding hydrogens is 397 g/mol. The van der Waals surface area contributed by atoms with Gasteiger partial charge in [-0.3, -0.25) is 14.6 Å². The lowest BCUT2D eigenvalue weighted by molar-refractivity contribution is -0.00821. The Hall–Kier alpha value is -1.92. The Morgan fingerprint density at radius 3 is 2.43 bits per heavy atom. The quantitative estimate of drug-likeness (QED) is 0.819. The number of hydrogen-bond donors (Lipinski definition) is 1. The van der Waals surface area contributed by atoms with Crippen molar-refractivity contribution in [3.63, 3.8) is 0 Å². The third-order valence-corrected chi connectivity index (χ3v) is 5.74. The molecule has 4 rings (SSSR count). The van der Waals surface area contributed by atoms with Crippen molar-refractivity contribution in [3.8, 4) is 0 Å². The number of piperidine rings is 1. The fourth-order valence-corrected chi connectivity index (χ4v) is 4.27. The molecule has 0 aromatic heterocycles. The number of rotatable bonds is 3. The number of benzene rings is 2. The van der Waals surface area contributed by atoms with Crippen molar-refractivity contribution < 1.29 is 9.90 Å². The first-order valence-corrected chi connectivity index (χ1v) is 10.2. The molecule has 5 nitrogen and oxygen atoms in total. The molecule has 0 spiro atoms. The van der Waals surface area contributed by atoms with E-state index in [0.717, 1.165) is 31.5 Å². The highest BCUT2D eigenvalue weighted by Gasteiger charge is 2.43. The molecule has 2 aromatic carbocycles. The van der Waals surface area contributed by atoms with Gasteiger partial charge in [0.2, 0.25) is 0 Å². The Labute approximate surface area is 174 Å². The van der Waals surface area contributed by atoms with Crippen LogP contribution in [0.2, 0.25) is 10.0 Å². The van der Waals surface area contributed by atoms with Gasteiger partial charge in [-0.05, 0) is 31.0 Å². The molecule has 1 fully saturated rings. The highest BCUT2D eigenvalue weighted by atomic mass is 35.5. The summed E-state index contributed by atoms with van der Waals surface area (Å²) in [6.45, 7) is 1.72. The van der Waals surface area contributed by atoms with E-state index in [2.05, 4.69) is 4.90 Å². The van der Waals surface area contributed by atoms with Gasteiger partial charge in [-0.1, -0.05) is 60.0 Å². The van der Waals surface area contributed by atoms with E-state index in [1.54, 1.807) is 12.1 Å². The summed E-state index contributed by atoms with van der Waals surface area (Å²) in [5.41, 5.74) is 1.06. The zero-order chi connectivity index (χ0) is 19.7. The molecule has 2 aliphatic rings. The van der Waals surface area contributed by atoms with E-state index in [0.29, 0.717) is 10.9 Å². The van der Waals surface area contributed by atoms with Gasteiger partial charge in [0.25, 0.3) is 5.91 Å². The summed E-state index contributed by atoms with van der Waals surface area (Å²) in [5.74, 6) is 0.0657. The van der Waals surface area contributed by atoms with E-state index in [1.807, 2.05) is 30.3 Å². The number of amides is 1. The molecule has 1 saturated heterocycles. The summed E-state index contributed by atoms with van der Waals surface area (Å²) in [7, 11) is 0. The summed E-state index contributed by atoms with van der Waals surface area (Å²) in [5, 5.41) is 11.8. The van der Waals surface area contributed by atoms with E-state index in [4.69, 9.17) is 28.2 Å². The summed E-state index contributed by atoms with van der Waals surface area (Å²) in [6, 6.07) is 14.2. The second-order valence-corrected chi connectivity index (χ2v) is 7.89. The summed E-state index contributed by atoms with van der Waals surface area (Å²) in [6.07, 6.45) is 1.75. The van der Waals surface area contributed by atoms with Gasteiger partial charge in [-0.25, -0.2) is 4.99 Å². The first-order chi connectivity index (χ1) is 13.6. The van der Waals surface area contributed by atoms with Crippen LogP contribution >= 0.6 is 23.2 Å². The number of hydrogen-bond acceptors (Lipinski definition) is 4. The minimum atomic E-state index is -1.08. The Bertz CT molecular complexity index is 898. The number of aliphatic hydroxyl groups is 1. The van der Waals surface area contributed by atoms with E-state index < -0.39 is 18.3 Å². The summed E-state index contributed by atoms with van der Waals surface area (Å²) < 4.78 is 0. The number of halogens is 2. The van der Waals surface area contributed by atoms with E-state index in [-0.39, 0.29) is 10.6 Å². The van der Waals surface area contributed by atoms with E-state index >= 15 is 0 Å². The van der Waals surface area contributed by atoms with Crippen LogP contribution in [0.5, 0.6) is 0 Å². The van der Waals surface area contributed by atoms with Gasteiger partial charge in [-0.2, -0.15) is 0 Å². The van der Waals surface area contributed by atoms with Crippen LogP contribution < -0.4 is 0 Å². The molecule has 7 heteroatoms. The van der Waals surface area contributed by atoms with Crippen molar-refractivity contribution in [2.75, 3.05) is 13.1 Å². The number of nitrogens with zero attached hydrogens (tertiary/aromatic N) is 3. The minimum absolute atomic E-state index is 0.249. The lowest BCUT2D eigenvalue weighted by Crippen LogP contribution is -2.50. The third kappa shape index (κ3) is 3.67. The van der Waals surface area contributed by atoms with Gasteiger partial charge >= 0.3 is 0 Å². The normalized spacial score (nSPS) is 23.0. The zero-order valence-corrected chi connectivity index (χ0v) is 16.8.